The van der Waals surface area contributed by atoms with Crippen molar-refractivity contribution in [2.45, 2.75) is 11.8 Å². The standard InChI is InChI=1S/C22H24N4O4S/c1-2-30-18-8-10-19(11-9-18)31(28,29)26-14-12-25(13-15-26)22(27)20-16-23-24-21(20)17-6-4-3-5-7-17/h3-11,16H,2,12-15H2,1H3,(H,23,24). The molecule has 31 heavy (non-hydrogen) atoms. The lowest BCUT2D eigenvalue weighted by Gasteiger charge is -2.34. The second kappa shape index (κ2) is 8.91. The van der Waals surface area contributed by atoms with Gasteiger partial charge in [-0.3, -0.25) is 9.89 Å². The van der Waals surface area contributed by atoms with E-state index in [0.29, 0.717) is 36.7 Å². The van der Waals surface area contributed by atoms with Crippen LogP contribution in [0.5, 0.6) is 5.75 Å². The molecule has 9 heteroatoms. The molecule has 0 atom stereocenters. The van der Waals surface area contributed by atoms with Crippen molar-refractivity contribution in [2.75, 3.05) is 32.8 Å². The van der Waals surface area contributed by atoms with Crippen LogP contribution in [0.2, 0.25) is 0 Å². The zero-order chi connectivity index (χ0) is 21.8. The number of hydrogen-bond acceptors (Lipinski definition) is 5. The average Bonchev–Trinajstić information content (AvgIpc) is 3.30. The molecule has 0 unspecified atom stereocenters. The Morgan fingerprint density at radius 2 is 1.71 bits per heavy atom. The first kappa shape index (κ1) is 21.1. The molecule has 162 valence electrons. The zero-order valence-electron chi connectivity index (χ0n) is 17.2. The summed E-state index contributed by atoms with van der Waals surface area (Å²) in [6.45, 7) is 3.49. The molecule has 2 aromatic carbocycles. The van der Waals surface area contributed by atoms with Gasteiger partial charge in [0.15, 0.2) is 0 Å². The van der Waals surface area contributed by atoms with E-state index in [2.05, 4.69) is 10.2 Å². The Balaban J connectivity index is 1.44. The van der Waals surface area contributed by atoms with E-state index in [0.717, 1.165) is 5.56 Å². The van der Waals surface area contributed by atoms with Crippen molar-refractivity contribution in [1.29, 1.82) is 0 Å². The lowest BCUT2D eigenvalue weighted by Crippen LogP contribution is -2.50. The van der Waals surface area contributed by atoms with E-state index in [-0.39, 0.29) is 23.9 Å². The number of aromatic nitrogens is 2. The van der Waals surface area contributed by atoms with Crippen LogP contribution in [0.15, 0.2) is 65.7 Å². The van der Waals surface area contributed by atoms with Gasteiger partial charge in [0.05, 0.1) is 29.0 Å². The van der Waals surface area contributed by atoms with E-state index >= 15 is 0 Å². The van der Waals surface area contributed by atoms with Crippen molar-refractivity contribution >= 4 is 15.9 Å². The van der Waals surface area contributed by atoms with Crippen LogP contribution in [0, 0.1) is 0 Å². The Kier molecular flexibility index (Phi) is 6.06. The van der Waals surface area contributed by atoms with Crippen molar-refractivity contribution in [2.24, 2.45) is 0 Å². The van der Waals surface area contributed by atoms with Gasteiger partial charge in [0.1, 0.15) is 5.75 Å². The van der Waals surface area contributed by atoms with Crippen molar-refractivity contribution in [3.8, 4) is 17.0 Å². The highest BCUT2D eigenvalue weighted by atomic mass is 32.2. The fourth-order valence-corrected chi connectivity index (χ4v) is 5.02. The summed E-state index contributed by atoms with van der Waals surface area (Å²) in [5.41, 5.74) is 2.02. The largest absolute Gasteiger partial charge is 0.494 e. The molecular formula is C22H24N4O4S. The van der Waals surface area contributed by atoms with E-state index in [4.69, 9.17) is 4.74 Å². The normalized spacial score (nSPS) is 15.1. The van der Waals surface area contributed by atoms with Crippen LogP contribution in [0.4, 0.5) is 0 Å². The Morgan fingerprint density at radius 1 is 1.03 bits per heavy atom. The van der Waals surface area contributed by atoms with Gasteiger partial charge in [-0.2, -0.15) is 9.40 Å². The number of carbonyl (C=O) groups is 1. The molecule has 4 rings (SSSR count). The van der Waals surface area contributed by atoms with E-state index in [1.165, 1.54) is 10.5 Å². The highest BCUT2D eigenvalue weighted by Crippen LogP contribution is 2.24. The summed E-state index contributed by atoms with van der Waals surface area (Å²) < 4.78 is 32.7. The molecule has 0 aliphatic carbocycles. The van der Waals surface area contributed by atoms with Gasteiger partial charge in [-0.25, -0.2) is 8.42 Å². The summed E-state index contributed by atoms with van der Waals surface area (Å²) in [7, 11) is -3.63. The number of piperazine rings is 1. The predicted molar refractivity (Wildman–Crippen MR) is 116 cm³/mol. The number of nitrogens with zero attached hydrogens (tertiary/aromatic N) is 3. The summed E-state index contributed by atoms with van der Waals surface area (Å²) in [6.07, 6.45) is 1.52. The first-order valence-corrected chi connectivity index (χ1v) is 11.6. The smallest absolute Gasteiger partial charge is 0.257 e. The molecule has 0 bridgehead atoms. The summed E-state index contributed by atoms with van der Waals surface area (Å²) in [5.74, 6) is 0.469. The monoisotopic (exact) mass is 440 g/mol. The highest BCUT2D eigenvalue weighted by molar-refractivity contribution is 7.89. The minimum absolute atomic E-state index is 0.161. The van der Waals surface area contributed by atoms with Crippen molar-refractivity contribution < 1.29 is 17.9 Å². The van der Waals surface area contributed by atoms with Crippen LogP contribution in [0.3, 0.4) is 0 Å². The molecule has 8 nitrogen and oxygen atoms in total. The fourth-order valence-electron chi connectivity index (χ4n) is 3.60. The van der Waals surface area contributed by atoms with E-state index < -0.39 is 10.0 Å². The van der Waals surface area contributed by atoms with Gasteiger partial charge in [-0.05, 0) is 31.2 Å². The molecule has 1 N–H and O–H groups in total. The quantitative estimate of drug-likeness (QED) is 0.636. The van der Waals surface area contributed by atoms with Crippen LogP contribution >= 0.6 is 0 Å². The highest BCUT2D eigenvalue weighted by Gasteiger charge is 2.31. The lowest BCUT2D eigenvalue weighted by molar-refractivity contribution is 0.0698. The second-order valence-electron chi connectivity index (χ2n) is 7.13. The molecule has 1 saturated heterocycles. The van der Waals surface area contributed by atoms with Crippen molar-refractivity contribution in [1.82, 2.24) is 19.4 Å². The number of nitrogens with one attached hydrogen (secondary N) is 1. The summed E-state index contributed by atoms with van der Waals surface area (Å²) in [4.78, 5) is 15.0. The molecule has 0 saturated carbocycles. The average molecular weight is 441 g/mol. The van der Waals surface area contributed by atoms with Gasteiger partial charge < -0.3 is 9.64 Å². The number of rotatable bonds is 6. The minimum Gasteiger partial charge on any atom is -0.494 e. The molecule has 0 spiro atoms. The van der Waals surface area contributed by atoms with Gasteiger partial charge in [0, 0.05) is 31.7 Å². The number of benzene rings is 2. The Bertz CT molecular complexity index is 1140. The molecule has 1 aliphatic heterocycles. The Morgan fingerprint density at radius 3 is 2.35 bits per heavy atom. The van der Waals surface area contributed by atoms with Gasteiger partial charge in [-0.15, -0.1) is 0 Å². The lowest BCUT2D eigenvalue weighted by atomic mass is 10.1. The third kappa shape index (κ3) is 4.33. The maximum atomic E-state index is 13.1. The van der Waals surface area contributed by atoms with Crippen molar-refractivity contribution in [3.63, 3.8) is 0 Å². The van der Waals surface area contributed by atoms with Gasteiger partial charge in [0.2, 0.25) is 10.0 Å². The summed E-state index contributed by atoms with van der Waals surface area (Å²) in [5, 5.41) is 6.94. The van der Waals surface area contributed by atoms with E-state index in [9.17, 15) is 13.2 Å². The molecule has 2 heterocycles. The molecule has 1 fully saturated rings. The number of H-pyrrole nitrogens is 1. The topological polar surface area (TPSA) is 95.6 Å². The van der Waals surface area contributed by atoms with Crippen LogP contribution in [0.25, 0.3) is 11.3 Å². The Hall–Kier alpha value is -3.17. The zero-order valence-corrected chi connectivity index (χ0v) is 18.0. The molecule has 3 aromatic rings. The van der Waals surface area contributed by atoms with Gasteiger partial charge >= 0.3 is 0 Å². The van der Waals surface area contributed by atoms with Crippen LogP contribution < -0.4 is 4.74 Å². The molecule has 1 aliphatic rings. The minimum atomic E-state index is -3.63. The third-order valence-electron chi connectivity index (χ3n) is 5.23. The SMILES string of the molecule is CCOc1ccc(S(=O)(=O)N2CCN(C(=O)c3cn[nH]c3-c3ccccc3)CC2)cc1. The molecule has 1 amide bonds. The van der Waals surface area contributed by atoms with Crippen LogP contribution in [0.1, 0.15) is 17.3 Å². The number of amides is 1. The van der Waals surface area contributed by atoms with Crippen molar-refractivity contribution in [3.05, 3.63) is 66.4 Å². The number of ether oxygens (including phenoxy) is 1. The van der Waals surface area contributed by atoms with Crippen LogP contribution in [-0.2, 0) is 10.0 Å². The van der Waals surface area contributed by atoms with E-state index in [1.807, 2.05) is 37.3 Å². The summed E-state index contributed by atoms with van der Waals surface area (Å²) >= 11 is 0. The maximum Gasteiger partial charge on any atom is 0.257 e. The number of carbonyl (C=O) groups excluding carboxylic acids is 1. The first-order valence-electron chi connectivity index (χ1n) is 10.1. The van der Waals surface area contributed by atoms with Gasteiger partial charge in [0.25, 0.3) is 5.91 Å². The summed E-state index contributed by atoms with van der Waals surface area (Å²) in [6, 6.07) is 15.9. The molecular weight excluding hydrogens is 416 g/mol. The number of hydrogen-bond donors (Lipinski definition) is 1. The molecule has 0 radical (unpaired) electrons. The number of sulfonamides is 1. The predicted octanol–water partition coefficient (Wildman–Crippen LogP) is 2.62. The van der Waals surface area contributed by atoms with Gasteiger partial charge in [-0.1, -0.05) is 30.3 Å². The third-order valence-corrected chi connectivity index (χ3v) is 7.14. The number of aromatic amines is 1. The van der Waals surface area contributed by atoms with E-state index in [1.54, 1.807) is 29.2 Å². The van der Waals surface area contributed by atoms with Crippen LogP contribution in [-0.4, -0.2) is 66.5 Å². The first-order chi connectivity index (χ1) is 15.0. The molecule has 1 aromatic heterocycles. The second-order valence-corrected chi connectivity index (χ2v) is 9.06. The maximum absolute atomic E-state index is 13.1. The fraction of sp³-hybridized carbons (Fsp3) is 0.273. The Labute approximate surface area is 181 Å².